The topological polar surface area (TPSA) is 92.4 Å². The monoisotopic (exact) mass is 282 g/mol. The van der Waals surface area contributed by atoms with Crippen LogP contribution in [0.3, 0.4) is 0 Å². The molecule has 1 heterocycles. The zero-order chi connectivity index (χ0) is 15.3. The van der Waals surface area contributed by atoms with Crippen LogP contribution in [-0.2, 0) is 16.0 Å². The van der Waals surface area contributed by atoms with Crippen LogP contribution < -0.4 is 5.32 Å². The van der Waals surface area contributed by atoms with Gasteiger partial charge in [0.1, 0.15) is 11.3 Å². The van der Waals surface area contributed by atoms with Gasteiger partial charge >= 0.3 is 5.97 Å². The van der Waals surface area contributed by atoms with Crippen molar-refractivity contribution in [1.82, 2.24) is 10.5 Å². The van der Waals surface area contributed by atoms with Crippen molar-refractivity contribution in [1.29, 1.82) is 0 Å². The van der Waals surface area contributed by atoms with Gasteiger partial charge in [0.05, 0.1) is 5.69 Å². The Labute approximate surface area is 118 Å². The van der Waals surface area contributed by atoms with E-state index in [-0.39, 0.29) is 12.3 Å². The first kappa shape index (κ1) is 16.2. The van der Waals surface area contributed by atoms with Crippen molar-refractivity contribution in [3.8, 4) is 0 Å². The van der Waals surface area contributed by atoms with Crippen molar-refractivity contribution in [2.45, 2.75) is 58.9 Å². The van der Waals surface area contributed by atoms with Crippen LogP contribution in [0.5, 0.6) is 0 Å². The minimum absolute atomic E-state index is 0.218. The molecule has 1 atom stereocenters. The summed E-state index contributed by atoms with van der Waals surface area (Å²) < 4.78 is 5.03. The van der Waals surface area contributed by atoms with E-state index < -0.39 is 11.5 Å². The Kier molecular flexibility index (Phi) is 5.30. The molecule has 0 aliphatic heterocycles. The average molecular weight is 282 g/mol. The summed E-state index contributed by atoms with van der Waals surface area (Å²) in [5.74, 6) is -0.585. The fourth-order valence-corrected chi connectivity index (χ4v) is 2.19. The number of amides is 1. The van der Waals surface area contributed by atoms with Gasteiger partial charge in [0, 0.05) is 12.0 Å². The van der Waals surface area contributed by atoms with E-state index in [9.17, 15) is 14.7 Å². The Balaban J connectivity index is 2.61. The van der Waals surface area contributed by atoms with E-state index in [1.54, 1.807) is 6.92 Å². The number of aliphatic carboxylic acids is 1. The Morgan fingerprint density at radius 2 is 2.05 bits per heavy atom. The van der Waals surface area contributed by atoms with Crippen molar-refractivity contribution < 1.29 is 19.2 Å². The van der Waals surface area contributed by atoms with Crippen molar-refractivity contribution in [2.24, 2.45) is 0 Å². The maximum absolute atomic E-state index is 11.9. The molecule has 0 aliphatic rings. The Bertz CT molecular complexity index is 476. The summed E-state index contributed by atoms with van der Waals surface area (Å²) in [6, 6.07) is 0. The zero-order valence-corrected chi connectivity index (χ0v) is 12.4. The van der Waals surface area contributed by atoms with E-state index in [0.717, 1.165) is 11.3 Å². The lowest BCUT2D eigenvalue weighted by molar-refractivity contribution is -0.147. The van der Waals surface area contributed by atoms with E-state index >= 15 is 0 Å². The standard InChI is InChI=1S/C14H22N2O4/c1-5-8-14(4,13(18)19)15-12(17)7-6-11-9(2)16-20-10(11)3/h5-8H2,1-4H3,(H,15,17)(H,18,19). The predicted molar refractivity (Wildman–Crippen MR) is 73.4 cm³/mol. The normalized spacial score (nSPS) is 13.8. The number of nitrogens with zero attached hydrogens (tertiary/aromatic N) is 1. The summed E-state index contributed by atoms with van der Waals surface area (Å²) in [6.45, 7) is 7.04. The first-order valence-corrected chi connectivity index (χ1v) is 6.76. The highest BCUT2D eigenvalue weighted by Gasteiger charge is 2.33. The number of carboxylic acid groups (broad SMARTS) is 1. The molecule has 0 saturated carbocycles. The first-order valence-electron chi connectivity index (χ1n) is 6.76. The second kappa shape index (κ2) is 6.54. The number of hydrogen-bond donors (Lipinski definition) is 2. The quantitative estimate of drug-likeness (QED) is 0.797. The van der Waals surface area contributed by atoms with Gasteiger partial charge in [0.15, 0.2) is 0 Å². The van der Waals surface area contributed by atoms with Gasteiger partial charge < -0.3 is 14.9 Å². The van der Waals surface area contributed by atoms with Gasteiger partial charge in [-0.25, -0.2) is 4.79 Å². The Morgan fingerprint density at radius 1 is 1.40 bits per heavy atom. The molecule has 1 aromatic heterocycles. The zero-order valence-electron chi connectivity index (χ0n) is 12.4. The largest absolute Gasteiger partial charge is 0.480 e. The van der Waals surface area contributed by atoms with Crippen molar-refractivity contribution in [3.63, 3.8) is 0 Å². The molecule has 1 unspecified atom stereocenters. The van der Waals surface area contributed by atoms with Crippen LogP contribution in [0.25, 0.3) is 0 Å². The molecule has 0 radical (unpaired) electrons. The molecule has 0 fully saturated rings. The Morgan fingerprint density at radius 3 is 2.50 bits per heavy atom. The van der Waals surface area contributed by atoms with Crippen LogP contribution in [0.1, 0.15) is 50.1 Å². The van der Waals surface area contributed by atoms with Gasteiger partial charge in [0.25, 0.3) is 0 Å². The lowest BCUT2D eigenvalue weighted by atomic mass is 9.96. The van der Waals surface area contributed by atoms with Crippen molar-refractivity contribution in [3.05, 3.63) is 17.0 Å². The lowest BCUT2D eigenvalue weighted by Crippen LogP contribution is -2.52. The van der Waals surface area contributed by atoms with Crippen molar-refractivity contribution >= 4 is 11.9 Å². The maximum Gasteiger partial charge on any atom is 0.329 e. The molecule has 112 valence electrons. The second-order valence-electron chi connectivity index (χ2n) is 5.24. The van der Waals surface area contributed by atoms with Crippen LogP contribution in [0.4, 0.5) is 0 Å². The van der Waals surface area contributed by atoms with Gasteiger partial charge in [-0.15, -0.1) is 0 Å². The fraction of sp³-hybridized carbons (Fsp3) is 0.643. The summed E-state index contributed by atoms with van der Waals surface area (Å²) in [4.78, 5) is 23.2. The minimum atomic E-state index is -1.20. The lowest BCUT2D eigenvalue weighted by Gasteiger charge is -2.25. The van der Waals surface area contributed by atoms with Gasteiger partial charge in [0.2, 0.25) is 5.91 Å². The summed E-state index contributed by atoms with van der Waals surface area (Å²) in [6.07, 6.45) is 1.80. The summed E-state index contributed by atoms with van der Waals surface area (Å²) in [7, 11) is 0. The number of aromatic nitrogens is 1. The molecule has 2 N–H and O–H groups in total. The van der Waals surface area contributed by atoms with Crippen LogP contribution in [-0.4, -0.2) is 27.7 Å². The molecule has 6 nitrogen and oxygen atoms in total. The van der Waals surface area contributed by atoms with E-state index in [1.807, 2.05) is 13.8 Å². The Hall–Kier alpha value is -1.85. The molecule has 0 saturated heterocycles. The fourth-order valence-electron chi connectivity index (χ4n) is 2.19. The number of aryl methyl sites for hydroxylation is 2. The summed E-state index contributed by atoms with van der Waals surface area (Å²) in [5, 5.41) is 15.6. The minimum Gasteiger partial charge on any atom is -0.480 e. The van der Waals surface area contributed by atoms with Gasteiger partial charge in [-0.1, -0.05) is 18.5 Å². The third-order valence-electron chi connectivity index (χ3n) is 3.42. The third-order valence-corrected chi connectivity index (χ3v) is 3.42. The number of carbonyl (C=O) groups is 2. The van der Waals surface area contributed by atoms with Gasteiger partial charge in [-0.05, 0) is 33.6 Å². The van der Waals surface area contributed by atoms with Crippen LogP contribution in [0.2, 0.25) is 0 Å². The van der Waals surface area contributed by atoms with Crippen molar-refractivity contribution in [2.75, 3.05) is 0 Å². The van der Waals surface area contributed by atoms with Crippen LogP contribution >= 0.6 is 0 Å². The molecule has 1 aromatic rings. The highest BCUT2D eigenvalue weighted by Crippen LogP contribution is 2.16. The number of hydrogen-bond acceptors (Lipinski definition) is 4. The van der Waals surface area contributed by atoms with E-state index in [4.69, 9.17) is 4.52 Å². The first-order chi connectivity index (χ1) is 9.30. The number of nitrogens with one attached hydrogen (secondary N) is 1. The predicted octanol–water partition coefficient (Wildman–Crippen LogP) is 1.98. The number of carbonyl (C=O) groups excluding carboxylic acids is 1. The second-order valence-corrected chi connectivity index (χ2v) is 5.24. The number of rotatable bonds is 7. The third kappa shape index (κ3) is 3.82. The smallest absolute Gasteiger partial charge is 0.329 e. The molecule has 6 heteroatoms. The van der Waals surface area contributed by atoms with E-state index in [2.05, 4.69) is 10.5 Å². The van der Waals surface area contributed by atoms with Crippen LogP contribution in [0.15, 0.2) is 4.52 Å². The molecular formula is C14H22N2O4. The van der Waals surface area contributed by atoms with Gasteiger partial charge in [-0.2, -0.15) is 0 Å². The molecule has 0 spiro atoms. The van der Waals surface area contributed by atoms with Gasteiger partial charge in [-0.3, -0.25) is 4.79 Å². The average Bonchev–Trinajstić information content (AvgIpc) is 2.66. The molecule has 0 bridgehead atoms. The maximum atomic E-state index is 11.9. The molecular weight excluding hydrogens is 260 g/mol. The molecule has 20 heavy (non-hydrogen) atoms. The highest BCUT2D eigenvalue weighted by atomic mass is 16.5. The van der Waals surface area contributed by atoms with Crippen LogP contribution in [0, 0.1) is 13.8 Å². The molecule has 1 amide bonds. The highest BCUT2D eigenvalue weighted by molar-refractivity contribution is 5.86. The molecule has 1 rings (SSSR count). The number of carboxylic acids is 1. The van der Waals surface area contributed by atoms with E-state index in [0.29, 0.717) is 25.0 Å². The SMILES string of the molecule is CCCC(C)(NC(=O)CCc1c(C)noc1C)C(=O)O. The summed E-state index contributed by atoms with van der Waals surface area (Å²) >= 11 is 0. The van der Waals surface area contributed by atoms with E-state index in [1.165, 1.54) is 6.92 Å². The summed E-state index contributed by atoms with van der Waals surface area (Å²) in [5.41, 5.74) is 0.474. The molecule has 0 aliphatic carbocycles. The molecule has 0 aromatic carbocycles.